The lowest BCUT2D eigenvalue weighted by atomic mass is 10.2. The van der Waals surface area contributed by atoms with Crippen LogP contribution in [0.2, 0.25) is 0 Å². The molecule has 0 aliphatic rings. The van der Waals surface area contributed by atoms with Crippen molar-refractivity contribution in [2.75, 3.05) is 0 Å². The fourth-order valence-corrected chi connectivity index (χ4v) is 1.43. The van der Waals surface area contributed by atoms with Gasteiger partial charge in [0.1, 0.15) is 5.82 Å². The van der Waals surface area contributed by atoms with Crippen molar-refractivity contribution in [1.29, 1.82) is 5.26 Å². The molecule has 4 heteroatoms. The lowest BCUT2D eigenvalue weighted by Gasteiger charge is -2.02. The van der Waals surface area contributed by atoms with Crippen molar-refractivity contribution >= 4 is 0 Å². The molecule has 4 nitrogen and oxygen atoms in total. The van der Waals surface area contributed by atoms with Crippen LogP contribution in [0, 0.1) is 18.3 Å². The highest BCUT2D eigenvalue weighted by atomic mass is 14.9. The minimum atomic E-state index is 0.224. The maximum atomic E-state index is 8.63. The molecule has 78 valence electrons. The highest BCUT2D eigenvalue weighted by molar-refractivity contribution is 5.53. The predicted octanol–water partition coefficient (Wildman–Crippen LogP) is 1.91. The molecule has 2 aromatic heterocycles. The van der Waals surface area contributed by atoms with E-state index in [1.165, 1.54) is 0 Å². The second-order valence-electron chi connectivity index (χ2n) is 3.36. The molecule has 2 heterocycles. The van der Waals surface area contributed by atoms with Crippen molar-refractivity contribution in [1.82, 2.24) is 15.0 Å². The summed E-state index contributed by atoms with van der Waals surface area (Å²) in [5, 5.41) is 8.63. The number of hydrogen-bond acceptors (Lipinski definition) is 4. The molecule has 0 atom stereocenters. The summed E-state index contributed by atoms with van der Waals surface area (Å²) in [6, 6.07) is 9.56. The number of hydrogen-bond donors (Lipinski definition) is 0. The van der Waals surface area contributed by atoms with Crippen molar-refractivity contribution in [3.63, 3.8) is 0 Å². The maximum absolute atomic E-state index is 8.63. The summed E-state index contributed by atoms with van der Waals surface area (Å²) in [4.78, 5) is 12.7. The Morgan fingerprint density at radius 1 is 1.25 bits per heavy atom. The standard InChI is InChI=1S/C12H10N4/c1-9-8-11(10-4-2-3-7-14-10)16-12(15-9)5-6-13/h2-4,7-8H,5H2,1H3. The second-order valence-corrected chi connectivity index (χ2v) is 3.36. The van der Waals surface area contributed by atoms with Gasteiger partial charge in [-0.2, -0.15) is 5.26 Å². The van der Waals surface area contributed by atoms with Gasteiger partial charge in [0.15, 0.2) is 0 Å². The molecule has 0 aromatic carbocycles. The van der Waals surface area contributed by atoms with E-state index in [0.29, 0.717) is 5.82 Å². The van der Waals surface area contributed by atoms with Gasteiger partial charge >= 0.3 is 0 Å². The van der Waals surface area contributed by atoms with E-state index in [9.17, 15) is 0 Å². The van der Waals surface area contributed by atoms with Crippen LogP contribution in [0.15, 0.2) is 30.5 Å². The molecule has 0 fully saturated rings. The zero-order chi connectivity index (χ0) is 11.4. The maximum Gasteiger partial charge on any atom is 0.143 e. The minimum absolute atomic E-state index is 0.224. The van der Waals surface area contributed by atoms with Gasteiger partial charge in [-0.1, -0.05) is 6.07 Å². The van der Waals surface area contributed by atoms with Gasteiger partial charge in [0.05, 0.1) is 23.9 Å². The van der Waals surface area contributed by atoms with Crippen molar-refractivity contribution in [3.05, 3.63) is 42.0 Å². The normalized spacial score (nSPS) is 9.75. The van der Waals surface area contributed by atoms with Gasteiger partial charge in [0, 0.05) is 11.9 Å². The molecule has 0 bridgehead atoms. The topological polar surface area (TPSA) is 62.5 Å². The first kappa shape index (κ1) is 10.2. The average Bonchev–Trinajstić information content (AvgIpc) is 2.30. The predicted molar refractivity (Wildman–Crippen MR) is 59.3 cm³/mol. The number of nitrogens with zero attached hydrogens (tertiary/aromatic N) is 4. The van der Waals surface area contributed by atoms with E-state index in [1.807, 2.05) is 37.3 Å². The van der Waals surface area contributed by atoms with E-state index in [-0.39, 0.29) is 6.42 Å². The van der Waals surface area contributed by atoms with E-state index >= 15 is 0 Å². The quantitative estimate of drug-likeness (QED) is 0.759. The lowest BCUT2D eigenvalue weighted by Crippen LogP contribution is -1.98. The molecule has 2 aromatic rings. The first-order valence-electron chi connectivity index (χ1n) is 4.92. The third-order valence-electron chi connectivity index (χ3n) is 2.07. The Morgan fingerprint density at radius 2 is 2.12 bits per heavy atom. The summed E-state index contributed by atoms with van der Waals surface area (Å²) in [5.74, 6) is 0.545. The Morgan fingerprint density at radius 3 is 2.81 bits per heavy atom. The zero-order valence-electron chi connectivity index (χ0n) is 8.88. The van der Waals surface area contributed by atoms with Crippen LogP contribution in [0.3, 0.4) is 0 Å². The number of nitriles is 1. The van der Waals surface area contributed by atoms with Crippen LogP contribution < -0.4 is 0 Å². The first-order valence-corrected chi connectivity index (χ1v) is 4.92. The number of aryl methyl sites for hydroxylation is 1. The molecule has 0 N–H and O–H groups in total. The SMILES string of the molecule is Cc1cc(-c2ccccn2)nc(CC#N)n1. The van der Waals surface area contributed by atoms with E-state index in [4.69, 9.17) is 5.26 Å². The third-order valence-corrected chi connectivity index (χ3v) is 2.07. The van der Waals surface area contributed by atoms with E-state index in [1.54, 1.807) is 6.20 Å². The monoisotopic (exact) mass is 210 g/mol. The molecular formula is C12H10N4. The second kappa shape index (κ2) is 4.49. The molecular weight excluding hydrogens is 200 g/mol. The molecule has 0 spiro atoms. The Hall–Kier alpha value is -2.28. The minimum Gasteiger partial charge on any atom is -0.255 e. The Balaban J connectivity index is 2.46. The zero-order valence-corrected chi connectivity index (χ0v) is 8.88. The molecule has 16 heavy (non-hydrogen) atoms. The summed E-state index contributed by atoms with van der Waals surface area (Å²) in [6.07, 6.45) is 1.94. The lowest BCUT2D eigenvalue weighted by molar-refractivity contribution is 0.965. The van der Waals surface area contributed by atoms with E-state index < -0.39 is 0 Å². The summed E-state index contributed by atoms with van der Waals surface area (Å²) in [7, 11) is 0. The number of rotatable bonds is 2. The van der Waals surface area contributed by atoms with Gasteiger partial charge in [0.2, 0.25) is 0 Å². The van der Waals surface area contributed by atoms with Crippen LogP contribution in [0.4, 0.5) is 0 Å². The average molecular weight is 210 g/mol. The summed E-state index contributed by atoms with van der Waals surface area (Å²) in [6.45, 7) is 1.88. The molecule has 0 amide bonds. The van der Waals surface area contributed by atoms with E-state index in [2.05, 4.69) is 15.0 Å². The fourth-order valence-electron chi connectivity index (χ4n) is 1.43. The Bertz CT molecular complexity index is 528. The smallest absolute Gasteiger partial charge is 0.143 e. The molecule has 0 saturated heterocycles. The summed E-state index contributed by atoms with van der Waals surface area (Å²) >= 11 is 0. The third kappa shape index (κ3) is 2.20. The van der Waals surface area contributed by atoms with Gasteiger partial charge in [0.25, 0.3) is 0 Å². The highest BCUT2D eigenvalue weighted by Crippen LogP contribution is 2.14. The Kier molecular flexibility index (Phi) is 2.88. The van der Waals surface area contributed by atoms with Gasteiger partial charge in [-0.25, -0.2) is 9.97 Å². The van der Waals surface area contributed by atoms with Crippen molar-refractivity contribution < 1.29 is 0 Å². The Labute approximate surface area is 93.6 Å². The number of pyridine rings is 1. The molecule has 0 aliphatic carbocycles. The first-order chi connectivity index (χ1) is 7.79. The molecule has 0 aliphatic heterocycles. The van der Waals surface area contributed by atoms with Crippen LogP contribution in [0.5, 0.6) is 0 Å². The molecule has 0 unspecified atom stereocenters. The van der Waals surface area contributed by atoms with Crippen LogP contribution in [0.25, 0.3) is 11.4 Å². The van der Waals surface area contributed by atoms with Crippen molar-refractivity contribution in [3.8, 4) is 17.5 Å². The molecule has 0 radical (unpaired) electrons. The van der Waals surface area contributed by atoms with Crippen molar-refractivity contribution in [2.45, 2.75) is 13.3 Å². The highest BCUT2D eigenvalue weighted by Gasteiger charge is 2.04. The van der Waals surface area contributed by atoms with Crippen LogP contribution >= 0.6 is 0 Å². The summed E-state index contributed by atoms with van der Waals surface area (Å²) < 4.78 is 0. The van der Waals surface area contributed by atoms with E-state index in [0.717, 1.165) is 17.1 Å². The molecule has 0 saturated carbocycles. The van der Waals surface area contributed by atoms with Crippen LogP contribution in [-0.4, -0.2) is 15.0 Å². The largest absolute Gasteiger partial charge is 0.255 e. The van der Waals surface area contributed by atoms with Gasteiger partial charge in [-0.15, -0.1) is 0 Å². The van der Waals surface area contributed by atoms with Gasteiger partial charge in [-0.05, 0) is 25.1 Å². The summed E-state index contributed by atoms with van der Waals surface area (Å²) in [5.41, 5.74) is 2.41. The number of aromatic nitrogens is 3. The van der Waals surface area contributed by atoms with Gasteiger partial charge < -0.3 is 0 Å². The molecule has 2 rings (SSSR count). The van der Waals surface area contributed by atoms with Crippen molar-refractivity contribution in [2.24, 2.45) is 0 Å². The van der Waals surface area contributed by atoms with Gasteiger partial charge in [-0.3, -0.25) is 4.98 Å². The van der Waals surface area contributed by atoms with Crippen LogP contribution in [0.1, 0.15) is 11.5 Å². The van der Waals surface area contributed by atoms with Crippen LogP contribution in [-0.2, 0) is 6.42 Å². The fraction of sp³-hybridized carbons (Fsp3) is 0.167.